The summed E-state index contributed by atoms with van der Waals surface area (Å²) in [5.41, 5.74) is -0.467. The SMILES string of the molecule is Cc1ccc(C)c(C2NC(CC(=O)O)(C(=O)O)C3C(=O)N(C(C)(C)C)C(=O)C23)c1. The van der Waals surface area contributed by atoms with Gasteiger partial charge < -0.3 is 10.2 Å². The molecule has 2 heterocycles. The predicted molar refractivity (Wildman–Crippen MR) is 103 cm³/mol. The third kappa shape index (κ3) is 3.11. The van der Waals surface area contributed by atoms with Crippen molar-refractivity contribution in [3.05, 3.63) is 34.9 Å². The molecule has 2 amide bonds. The molecular formula is C21H26N2O6. The van der Waals surface area contributed by atoms with Gasteiger partial charge in [-0.15, -0.1) is 0 Å². The van der Waals surface area contributed by atoms with E-state index in [-0.39, 0.29) is 0 Å². The summed E-state index contributed by atoms with van der Waals surface area (Å²) in [5, 5.41) is 22.4. The average Bonchev–Trinajstić information content (AvgIpc) is 3.04. The quantitative estimate of drug-likeness (QED) is 0.654. The third-order valence-electron chi connectivity index (χ3n) is 5.91. The number of carboxylic acids is 2. The zero-order valence-electron chi connectivity index (χ0n) is 17.1. The Morgan fingerprint density at radius 2 is 1.76 bits per heavy atom. The molecule has 4 atom stereocenters. The monoisotopic (exact) mass is 402 g/mol. The first-order chi connectivity index (χ1) is 13.3. The molecule has 2 aliphatic rings. The van der Waals surface area contributed by atoms with Crippen LogP contribution in [0.5, 0.6) is 0 Å². The van der Waals surface area contributed by atoms with Crippen molar-refractivity contribution in [1.82, 2.24) is 10.2 Å². The second-order valence-electron chi connectivity index (χ2n) is 9.02. The van der Waals surface area contributed by atoms with Crippen LogP contribution in [0.3, 0.4) is 0 Å². The van der Waals surface area contributed by atoms with Crippen molar-refractivity contribution < 1.29 is 29.4 Å². The topological polar surface area (TPSA) is 124 Å². The van der Waals surface area contributed by atoms with Gasteiger partial charge in [0.15, 0.2) is 0 Å². The van der Waals surface area contributed by atoms with Crippen LogP contribution in [0.2, 0.25) is 0 Å². The van der Waals surface area contributed by atoms with E-state index in [1.165, 1.54) is 0 Å². The zero-order chi connectivity index (χ0) is 21.9. The lowest BCUT2D eigenvalue weighted by Gasteiger charge is -2.35. The largest absolute Gasteiger partial charge is 0.481 e. The number of amides is 2. The van der Waals surface area contributed by atoms with Crippen LogP contribution in [-0.4, -0.2) is 49.9 Å². The van der Waals surface area contributed by atoms with E-state index >= 15 is 0 Å². The smallest absolute Gasteiger partial charge is 0.325 e. The molecule has 8 nitrogen and oxygen atoms in total. The summed E-state index contributed by atoms with van der Waals surface area (Å²) in [5.74, 6) is -6.20. The second kappa shape index (κ2) is 6.66. The van der Waals surface area contributed by atoms with Crippen molar-refractivity contribution in [2.75, 3.05) is 0 Å². The Hall–Kier alpha value is -2.74. The number of nitrogens with one attached hydrogen (secondary N) is 1. The number of nitrogens with zero attached hydrogens (tertiary/aromatic N) is 1. The maximum atomic E-state index is 13.3. The molecule has 2 aliphatic heterocycles. The lowest BCUT2D eigenvalue weighted by molar-refractivity contribution is -0.157. The molecule has 3 N–H and O–H groups in total. The van der Waals surface area contributed by atoms with E-state index < -0.39 is 59.1 Å². The summed E-state index contributed by atoms with van der Waals surface area (Å²) in [6.45, 7) is 8.81. The summed E-state index contributed by atoms with van der Waals surface area (Å²) >= 11 is 0. The van der Waals surface area contributed by atoms with Crippen molar-refractivity contribution >= 4 is 23.8 Å². The molecule has 0 aromatic heterocycles. The number of likely N-dealkylation sites (tertiary alicyclic amines) is 1. The molecule has 0 bridgehead atoms. The Bertz CT molecular complexity index is 918. The Morgan fingerprint density at radius 1 is 1.14 bits per heavy atom. The van der Waals surface area contributed by atoms with E-state index in [2.05, 4.69) is 5.32 Å². The van der Waals surface area contributed by atoms with Crippen LogP contribution >= 0.6 is 0 Å². The van der Waals surface area contributed by atoms with Gasteiger partial charge in [-0.25, -0.2) is 0 Å². The summed E-state index contributed by atoms with van der Waals surface area (Å²) in [6, 6.07) is 4.83. The van der Waals surface area contributed by atoms with Crippen LogP contribution in [0, 0.1) is 25.7 Å². The average molecular weight is 402 g/mol. The predicted octanol–water partition coefficient (Wildman–Crippen LogP) is 1.65. The number of fused-ring (bicyclic) bond motifs is 1. The number of carbonyl (C=O) groups is 4. The van der Waals surface area contributed by atoms with E-state index in [9.17, 15) is 29.4 Å². The van der Waals surface area contributed by atoms with Crippen molar-refractivity contribution in [2.24, 2.45) is 11.8 Å². The minimum absolute atomic E-state index is 0.473. The van der Waals surface area contributed by atoms with Gasteiger partial charge in [-0.1, -0.05) is 23.8 Å². The Labute approximate surface area is 168 Å². The van der Waals surface area contributed by atoms with Crippen molar-refractivity contribution in [3.8, 4) is 0 Å². The minimum atomic E-state index is -2.07. The fourth-order valence-electron chi connectivity index (χ4n) is 4.70. The highest BCUT2D eigenvalue weighted by Crippen LogP contribution is 2.51. The van der Waals surface area contributed by atoms with E-state index in [4.69, 9.17) is 0 Å². The van der Waals surface area contributed by atoms with E-state index in [0.717, 1.165) is 16.0 Å². The summed E-state index contributed by atoms with van der Waals surface area (Å²) in [6.07, 6.45) is -0.804. The molecule has 4 unspecified atom stereocenters. The summed E-state index contributed by atoms with van der Waals surface area (Å²) in [7, 11) is 0. The lowest BCUT2D eigenvalue weighted by Crippen LogP contribution is -2.58. The van der Waals surface area contributed by atoms with Crippen LogP contribution < -0.4 is 5.32 Å². The van der Waals surface area contributed by atoms with E-state index in [1.807, 2.05) is 32.0 Å². The fraction of sp³-hybridized carbons (Fsp3) is 0.524. The van der Waals surface area contributed by atoms with E-state index in [1.54, 1.807) is 20.8 Å². The maximum absolute atomic E-state index is 13.3. The number of benzene rings is 1. The Morgan fingerprint density at radius 3 is 2.28 bits per heavy atom. The molecule has 1 aromatic carbocycles. The molecule has 0 saturated carbocycles. The zero-order valence-corrected chi connectivity index (χ0v) is 17.1. The molecular weight excluding hydrogens is 376 g/mol. The van der Waals surface area contributed by atoms with Crippen LogP contribution in [0.4, 0.5) is 0 Å². The van der Waals surface area contributed by atoms with Gasteiger partial charge >= 0.3 is 11.9 Å². The van der Waals surface area contributed by atoms with Gasteiger partial charge in [0.1, 0.15) is 5.54 Å². The van der Waals surface area contributed by atoms with Gasteiger partial charge in [-0.3, -0.25) is 29.4 Å². The first-order valence-corrected chi connectivity index (χ1v) is 9.49. The first-order valence-electron chi connectivity index (χ1n) is 9.49. The van der Waals surface area contributed by atoms with Crippen LogP contribution in [0.15, 0.2) is 18.2 Å². The number of rotatable bonds is 4. The maximum Gasteiger partial charge on any atom is 0.325 e. The number of hydrogen-bond acceptors (Lipinski definition) is 5. The Balaban J connectivity index is 2.24. The molecule has 1 aromatic rings. The normalized spacial score (nSPS) is 29.3. The highest BCUT2D eigenvalue weighted by molar-refractivity contribution is 6.10. The van der Waals surface area contributed by atoms with Crippen molar-refractivity contribution in [3.63, 3.8) is 0 Å². The summed E-state index contributed by atoms with van der Waals surface area (Å²) < 4.78 is 0. The highest BCUT2D eigenvalue weighted by Gasteiger charge is 2.70. The van der Waals surface area contributed by atoms with E-state index in [0.29, 0.717) is 5.56 Å². The highest BCUT2D eigenvalue weighted by atomic mass is 16.4. The fourth-order valence-corrected chi connectivity index (χ4v) is 4.70. The van der Waals surface area contributed by atoms with Gasteiger partial charge in [0.2, 0.25) is 11.8 Å². The molecule has 156 valence electrons. The lowest BCUT2D eigenvalue weighted by atomic mass is 9.77. The number of aliphatic carboxylic acids is 2. The van der Waals surface area contributed by atoms with Gasteiger partial charge in [0.05, 0.1) is 18.3 Å². The minimum Gasteiger partial charge on any atom is -0.481 e. The van der Waals surface area contributed by atoms with Gasteiger partial charge in [-0.05, 0) is 45.7 Å². The van der Waals surface area contributed by atoms with Gasteiger partial charge in [0.25, 0.3) is 0 Å². The molecule has 3 rings (SSSR count). The number of aryl methyl sites for hydroxylation is 2. The summed E-state index contributed by atoms with van der Waals surface area (Å²) in [4.78, 5) is 51.6. The van der Waals surface area contributed by atoms with Gasteiger partial charge in [0, 0.05) is 11.6 Å². The molecule has 0 aliphatic carbocycles. The standard InChI is InChI=1S/C21H26N2O6/c1-10-6-7-11(2)12(8-10)16-14-15(18(27)23(17(14)26)20(3,4)5)21(22-16,19(28)29)9-13(24)25/h6-8,14-16,22H,9H2,1-5H3,(H,24,25)(H,28,29). The molecule has 2 fully saturated rings. The van der Waals surface area contributed by atoms with Crippen molar-refractivity contribution in [2.45, 2.75) is 58.2 Å². The molecule has 0 radical (unpaired) electrons. The van der Waals surface area contributed by atoms with Gasteiger partial charge in [-0.2, -0.15) is 0 Å². The second-order valence-corrected chi connectivity index (χ2v) is 9.02. The number of hydrogen-bond donors (Lipinski definition) is 3. The van der Waals surface area contributed by atoms with Crippen LogP contribution in [0.1, 0.15) is 49.9 Å². The molecule has 0 spiro atoms. The molecule has 29 heavy (non-hydrogen) atoms. The van der Waals surface area contributed by atoms with Crippen LogP contribution in [0.25, 0.3) is 0 Å². The molecule has 2 saturated heterocycles. The first kappa shape index (κ1) is 21.0. The van der Waals surface area contributed by atoms with Crippen molar-refractivity contribution in [1.29, 1.82) is 0 Å². The third-order valence-corrected chi connectivity index (χ3v) is 5.91. The molecule has 8 heteroatoms. The number of carbonyl (C=O) groups excluding carboxylic acids is 2. The number of carboxylic acid groups (broad SMARTS) is 2. The van der Waals surface area contributed by atoms with Crippen LogP contribution in [-0.2, 0) is 19.2 Å². The Kier molecular flexibility index (Phi) is 4.82. The number of imide groups is 1.